The van der Waals surface area contributed by atoms with Gasteiger partial charge in [0.05, 0.1) is 0 Å². The molecule has 2 N–H and O–H groups in total. The Hall–Kier alpha value is -0.0800. The molecule has 32 heavy (non-hydrogen) atoms. The lowest BCUT2D eigenvalue weighted by Crippen LogP contribution is -2.56. The van der Waals surface area contributed by atoms with Crippen molar-refractivity contribution in [3.8, 4) is 0 Å². The van der Waals surface area contributed by atoms with Crippen molar-refractivity contribution in [1.82, 2.24) is 10.6 Å². The van der Waals surface area contributed by atoms with E-state index in [1.165, 1.54) is 141 Å². The van der Waals surface area contributed by atoms with Gasteiger partial charge in [0, 0.05) is 24.2 Å². The molecule has 0 amide bonds. The maximum Gasteiger partial charge on any atom is 0.0223 e. The van der Waals surface area contributed by atoms with Crippen LogP contribution in [-0.2, 0) is 0 Å². The Bertz CT molecular complexity index is 487. The number of rotatable bonds is 6. The summed E-state index contributed by atoms with van der Waals surface area (Å²) in [6.07, 6.45) is 32.8. The van der Waals surface area contributed by atoms with Crippen LogP contribution in [0.1, 0.15) is 141 Å². The van der Waals surface area contributed by atoms with Crippen LogP contribution < -0.4 is 10.6 Å². The van der Waals surface area contributed by atoms with E-state index in [0.29, 0.717) is 0 Å². The molecular weight excluding hydrogens is 388 g/mol. The van der Waals surface area contributed by atoms with Crippen molar-refractivity contribution in [3.05, 3.63) is 0 Å². The van der Waals surface area contributed by atoms with Crippen LogP contribution >= 0.6 is 0 Å². The van der Waals surface area contributed by atoms with Crippen LogP contribution in [0.25, 0.3) is 0 Å². The molecule has 5 saturated carbocycles. The Morgan fingerprint density at radius 2 is 0.688 bits per heavy atom. The Labute approximate surface area is 199 Å². The van der Waals surface area contributed by atoms with Crippen molar-refractivity contribution in [2.24, 2.45) is 23.7 Å². The third kappa shape index (κ3) is 6.32. The van der Waals surface area contributed by atoms with Gasteiger partial charge in [0.15, 0.2) is 0 Å². The quantitative estimate of drug-likeness (QED) is 0.439. The van der Waals surface area contributed by atoms with Gasteiger partial charge in [-0.1, -0.05) is 103 Å². The monoisotopic (exact) mass is 442 g/mol. The molecule has 6 atom stereocenters. The molecule has 0 bridgehead atoms. The molecule has 0 radical (unpaired) electrons. The van der Waals surface area contributed by atoms with Crippen molar-refractivity contribution in [2.45, 2.75) is 165 Å². The van der Waals surface area contributed by atoms with Gasteiger partial charge in [-0.05, 0) is 62.2 Å². The number of hydrogen-bond donors (Lipinski definition) is 2. The number of hydrogen-bond acceptors (Lipinski definition) is 2. The summed E-state index contributed by atoms with van der Waals surface area (Å²) in [5, 5.41) is 8.56. The highest BCUT2D eigenvalue weighted by Crippen LogP contribution is 2.40. The summed E-state index contributed by atoms with van der Waals surface area (Å²) in [6.45, 7) is 0. The normalized spacial score (nSPS) is 40.9. The van der Waals surface area contributed by atoms with E-state index in [2.05, 4.69) is 10.6 Å². The molecule has 2 nitrogen and oxygen atoms in total. The predicted octanol–water partition coefficient (Wildman–Crippen LogP) is 7.76. The standard InChI is InChI=1S/C30H54N2/c1-3-11-23(12-4-1)25-15-9-17-27(21-25)31-29-19-7-8-20-30(29)32-28-18-10-16-26(22-28)24-13-5-2-6-14-24/h23-32H,1-22H2. The molecule has 2 heteroatoms. The van der Waals surface area contributed by atoms with E-state index in [-0.39, 0.29) is 0 Å². The van der Waals surface area contributed by atoms with E-state index < -0.39 is 0 Å². The third-order valence-corrected chi connectivity index (χ3v) is 10.7. The SMILES string of the molecule is C1CCC(C2CCCC(NC3CCCCC3NC3CCCC(C4CCCCC4)C3)C2)CC1. The first-order chi connectivity index (χ1) is 15.8. The summed E-state index contributed by atoms with van der Waals surface area (Å²) in [4.78, 5) is 0. The third-order valence-electron chi connectivity index (χ3n) is 10.7. The lowest BCUT2D eigenvalue weighted by Gasteiger charge is -2.43. The maximum atomic E-state index is 4.28. The average Bonchev–Trinajstić information content (AvgIpc) is 2.87. The summed E-state index contributed by atoms with van der Waals surface area (Å²) in [5.41, 5.74) is 0. The molecular formula is C30H54N2. The van der Waals surface area contributed by atoms with Crippen molar-refractivity contribution in [1.29, 1.82) is 0 Å². The van der Waals surface area contributed by atoms with Crippen LogP contribution in [-0.4, -0.2) is 24.2 Å². The molecule has 5 rings (SSSR count). The number of nitrogens with one attached hydrogen (secondary N) is 2. The van der Waals surface area contributed by atoms with Gasteiger partial charge in [-0.25, -0.2) is 0 Å². The fourth-order valence-corrected chi connectivity index (χ4v) is 8.96. The van der Waals surface area contributed by atoms with E-state index in [9.17, 15) is 0 Å². The Morgan fingerprint density at radius 3 is 1.12 bits per heavy atom. The van der Waals surface area contributed by atoms with E-state index in [1.54, 1.807) is 0 Å². The van der Waals surface area contributed by atoms with Gasteiger partial charge < -0.3 is 10.6 Å². The second-order valence-electron chi connectivity index (χ2n) is 12.9. The van der Waals surface area contributed by atoms with Gasteiger partial charge in [-0.2, -0.15) is 0 Å². The second kappa shape index (κ2) is 12.1. The molecule has 5 aliphatic rings. The van der Waals surface area contributed by atoms with E-state index in [1.807, 2.05) is 0 Å². The Balaban J connectivity index is 1.12. The average molecular weight is 443 g/mol. The first kappa shape index (κ1) is 23.7. The van der Waals surface area contributed by atoms with Gasteiger partial charge in [0.25, 0.3) is 0 Å². The molecule has 5 aliphatic carbocycles. The van der Waals surface area contributed by atoms with Gasteiger partial charge in [-0.3, -0.25) is 0 Å². The predicted molar refractivity (Wildman–Crippen MR) is 137 cm³/mol. The van der Waals surface area contributed by atoms with E-state index >= 15 is 0 Å². The first-order valence-electron chi connectivity index (χ1n) is 15.4. The van der Waals surface area contributed by atoms with Crippen LogP contribution in [0.5, 0.6) is 0 Å². The molecule has 0 aromatic heterocycles. The lowest BCUT2D eigenvalue weighted by atomic mass is 9.71. The fourth-order valence-electron chi connectivity index (χ4n) is 8.96. The molecule has 0 aliphatic heterocycles. The fraction of sp³-hybridized carbons (Fsp3) is 1.00. The summed E-state index contributed by atoms with van der Waals surface area (Å²) in [6, 6.07) is 3.11. The maximum absolute atomic E-state index is 4.28. The van der Waals surface area contributed by atoms with Crippen molar-refractivity contribution in [3.63, 3.8) is 0 Å². The van der Waals surface area contributed by atoms with Crippen LogP contribution in [0.2, 0.25) is 0 Å². The van der Waals surface area contributed by atoms with Gasteiger partial charge >= 0.3 is 0 Å². The van der Waals surface area contributed by atoms with Gasteiger partial charge in [0.2, 0.25) is 0 Å². The molecule has 6 unspecified atom stereocenters. The highest BCUT2D eigenvalue weighted by Gasteiger charge is 2.35. The van der Waals surface area contributed by atoms with E-state index in [0.717, 1.165) is 47.8 Å². The highest BCUT2D eigenvalue weighted by atomic mass is 15.1. The zero-order valence-electron chi connectivity index (χ0n) is 21.2. The van der Waals surface area contributed by atoms with Crippen LogP contribution in [0, 0.1) is 23.7 Å². The molecule has 0 spiro atoms. The highest BCUT2D eigenvalue weighted by molar-refractivity contribution is 4.94. The summed E-state index contributed by atoms with van der Waals surface area (Å²) in [7, 11) is 0. The molecule has 5 fully saturated rings. The lowest BCUT2D eigenvalue weighted by molar-refractivity contribution is 0.138. The van der Waals surface area contributed by atoms with Crippen LogP contribution in [0.15, 0.2) is 0 Å². The Kier molecular flexibility index (Phi) is 8.91. The molecule has 184 valence electrons. The molecule has 0 aromatic carbocycles. The van der Waals surface area contributed by atoms with Gasteiger partial charge in [0.1, 0.15) is 0 Å². The molecule has 0 saturated heterocycles. The Morgan fingerprint density at radius 1 is 0.312 bits per heavy atom. The summed E-state index contributed by atoms with van der Waals surface area (Å²) < 4.78 is 0. The summed E-state index contributed by atoms with van der Waals surface area (Å²) >= 11 is 0. The second-order valence-corrected chi connectivity index (χ2v) is 12.9. The molecule has 0 aromatic rings. The minimum absolute atomic E-state index is 0.744. The smallest absolute Gasteiger partial charge is 0.0223 e. The largest absolute Gasteiger partial charge is 0.310 e. The summed E-state index contributed by atoms with van der Waals surface area (Å²) in [5.74, 6) is 4.19. The zero-order chi connectivity index (χ0) is 21.6. The molecule has 0 heterocycles. The zero-order valence-corrected chi connectivity index (χ0v) is 21.2. The van der Waals surface area contributed by atoms with Crippen LogP contribution in [0.4, 0.5) is 0 Å². The van der Waals surface area contributed by atoms with Gasteiger partial charge in [-0.15, -0.1) is 0 Å². The van der Waals surface area contributed by atoms with E-state index in [4.69, 9.17) is 0 Å². The van der Waals surface area contributed by atoms with Crippen molar-refractivity contribution >= 4 is 0 Å². The van der Waals surface area contributed by atoms with Crippen molar-refractivity contribution in [2.75, 3.05) is 0 Å². The first-order valence-corrected chi connectivity index (χ1v) is 15.4. The topological polar surface area (TPSA) is 24.1 Å². The minimum Gasteiger partial charge on any atom is -0.310 e. The minimum atomic E-state index is 0.744. The van der Waals surface area contributed by atoms with Crippen LogP contribution in [0.3, 0.4) is 0 Å². The van der Waals surface area contributed by atoms with Crippen molar-refractivity contribution < 1.29 is 0 Å².